The van der Waals surface area contributed by atoms with E-state index in [1.165, 1.54) is 25.1 Å². The van der Waals surface area contributed by atoms with Gasteiger partial charge in [-0.2, -0.15) is 0 Å². The first-order valence-electron chi connectivity index (χ1n) is 6.34. The molecule has 0 saturated heterocycles. The van der Waals surface area contributed by atoms with E-state index in [0.717, 1.165) is 5.56 Å². The number of benzene rings is 1. The molecule has 0 bridgehead atoms. The fourth-order valence-corrected chi connectivity index (χ4v) is 1.80. The molecule has 0 aliphatic carbocycles. The Kier molecular flexibility index (Phi) is 4.18. The Morgan fingerprint density at radius 2 is 1.86 bits per heavy atom. The summed E-state index contributed by atoms with van der Waals surface area (Å²) in [7, 11) is 0. The molecule has 0 aliphatic heterocycles. The Bertz CT molecular complexity index is 750. The molecule has 6 nitrogen and oxygen atoms in total. The van der Waals surface area contributed by atoms with Crippen LogP contribution in [0.3, 0.4) is 0 Å². The normalized spacial score (nSPS) is 10.0. The quantitative estimate of drug-likeness (QED) is 0.804. The van der Waals surface area contributed by atoms with Crippen LogP contribution in [-0.4, -0.2) is 16.8 Å². The number of carbonyl (C=O) groups excluding carboxylic acids is 2. The minimum Gasteiger partial charge on any atom is -0.326 e. The van der Waals surface area contributed by atoms with Crippen molar-refractivity contribution in [1.82, 2.24) is 4.98 Å². The van der Waals surface area contributed by atoms with Crippen molar-refractivity contribution >= 4 is 23.2 Å². The average Bonchev–Trinajstić information content (AvgIpc) is 2.42. The van der Waals surface area contributed by atoms with E-state index in [-0.39, 0.29) is 17.2 Å². The number of hydrogen-bond acceptors (Lipinski definition) is 3. The van der Waals surface area contributed by atoms with Crippen molar-refractivity contribution in [2.75, 3.05) is 10.6 Å². The molecule has 2 rings (SSSR count). The van der Waals surface area contributed by atoms with E-state index in [0.29, 0.717) is 11.4 Å². The van der Waals surface area contributed by atoms with Crippen molar-refractivity contribution in [1.29, 1.82) is 0 Å². The van der Waals surface area contributed by atoms with Crippen molar-refractivity contribution in [2.45, 2.75) is 13.8 Å². The van der Waals surface area contributed by atoms with E-state index < -0.39 is 5.91 Å². The monoisotopic (exact) mass is 285 g/mol. The summed E-state index contributed by atoms with van der Waals surface area (Å²) in [5.74, 6) is -0.612. The minimum absolute atomic E-state index is 0.171. The van der Waals surface area contributed by atoms with Gasteiger partial charge >= 0.3 is 0 Å². The predicted octanol–water partition coefficient (Wildman–Crippen LogP) is 1.89. The zero-order valence-electron chi connectivity index (χ0n) is 11.7. The van der Waals surface area contributed by atoms with Gasteiger partial charge in [0.2, 0.25) is 11.5 Å². The van der Waals surface area contributed by atoms with Crippen LogP contribution >= 0.6 is 0 Å². The van der Waals surface area contributed by atoms with E-state index in [2.05, 4.69) is 15.6 Å². The number of aromatic amines is 1. The van der Waals surface area contributed by atoms with E-state index in [1.54, 1.807) is 18.2 Å². The highest BCUT2D eigenvalue weighted by atomic mass is 16.2. The molecule has 0 aliphatic rings. The van der Waals surface area contributed by atoms with Gasteiger partial charge < -0.3 is 15.6 Å². The molecule has 21 heavy (non-hydrogen) atoms. The number of anilines is 2. The van der Waals surface area contributed by atoms with Gasteiger partial charge in [0.15, 0.2) is 0 Å². The Balaban J connectivity index is 2.21. The summed E-state index contributed by atoms with van der Waals surface area (Å²) in [4.78, 5) is 36.8. The lowest BCUT2D eigenvalue weighted by Gasteiger charge is -2.10. The van der Waals surface area contributed by atoms with Gasteiger partial charge in [-0.1, -0.05) is 12.1 Å². The van der Waals surface area contributed by atoms with Gasteiger partial charge in [0.05, 0.1) is 0 Å². The van der Waals surface area contributed by atoms with Crippen LogP contribution in [0.15, 0.2) is 41.2 Å². The van der Waals surface area contributed by atoms with Crippen LogP contribution in [0, 0.1) is 6.92 Å². The van der Waals surface area contributed by atoms with Crippen molar-refractivity contribution < 1.29 is 9.59 Å². The van der Waals surface area contributed by atoms with Gasteiger partial charge in [0, 0.05) is 24.4 Å². The maximum absolute atomic E-state index is 12.0. The summed E-state index contributed by atoms with van der Waals surface area (Å²) in [5, 5.41) is 5.35. The zero-order chi connectivity index (χ0) is 15.4. The van der Waals surface area contributed by atoms with Crippen molar-refractivity contribution in [3.8, 4) is 0 Å². The van der Waals surface area contributed by atoms with Crippen LogP contribution in [0.25, 0.3) is 0 Å². The molecule has 0 radical (unpaired) electrons. The third-order valence-electron chi connectivity index (χ3n) is 2.82. The number of rotatable bonds is 3. The lowest BCUT2D eigenvalue weighted by Crippen LogP contribution is -2.18. The summed E-state index contributed by atoms with van der Waals surface area (Å²) < 4.78 is 0. The van der Waals surface area contributed by atoms with Crippen molar-refractivity contribution in [2.24, 2.45) is 0 Å². The highest BCUT2D eigenvalue weighted by Gasteiger charge is 2.08. The van der Waals surface area contributed by atoms with Crippen LogP contribution in [0.4, 0.5) is 11.4 Å². The number of aromatic nitrogens is 1. The smallest absolute Gasteiger partial charge is 0.272 e. The first-order valence-corrected chi connectivity index (χ1v) is 6.34. The Morgan fingerprint density at radius 3 is 2.52 bits per heavy atom. The largest absolute Gasteiger partial charge is 0.326 e. The summed E-state index contributed by atoms with van der Waals surface area (Å²) in [6.07, 6.45) is 0. The molecule has 0 saturated carbocycles. The van der Waals surface area contributed by atoms with Gasteiger partial charge in [-0.25, -0.2) is 0 Å². The molecule has 0 unspecified atom stereocenters. The van der Waals surface area contributed by atoms with Crippen LogP contribution in [0.1, 0.15) is 23.0 Å². The summed E-state index contributed by atoms with van der Waals surface area (Å²) in [5.41, 5.74) is 1.87. The molecule has 0 atom stereocenters. The number of nitrogens with one attached hydrogen (secondary N) is 3. The Hall–Kier alpha value is -2.89. The molecule has 2 amide bonds. The number of aryl methyl sites for hydroxylation is 1. The van der Waals surface area contributed by atoms with Crippen LogP contribution in [0.2, 0.25) is 0 Å². The highest BCUT2D eigenvalue weighted by molar-refractivity contribution is 6.03. The maximum Gasteiger partial charge on any atom is 0.272 e. The van der Waals surface area contributed by atoms with Crippen molar-refractivity contribution in [3.63, 3.8) is 0 Å². The third kappa shape index (κ3) is 3.79. The molecular weight excluding hydrogens is 270 g/mol. The fourth-order valence-electron chi connectivity index (χ4n) is 1.80. The van der Waals surface area contributed by atoms with Gasteiger partial charge in [-0.05, 0) is 30.7 Å². The first kappa shape index (κ1) is 14.5. The second kappa shape index (κ2) is 6.04. The van der Waals surface area contributed by atoms with Gasteiger partial charge in [0.1, 0.15) is 5.69 Å². The van der Waals surface area contributed by atoms with E-state index in [1.807, 2.05) is 6.92 Å². The van der Waals surface area contributed by atoms with E-state index in [4.69, 9.17) is 0 Å². The molecule has 1 aromatic heterocycles. The standard InChI is InChI=1S/C15H15N3O3/c1-9-6-7-11(8-13(9)16-10(2)19)17-15(21)12-4-3-5-14(20)18-12/h3-8H,1-2H3,(H,16,19)(H,17,21)(H,18,20). The van der Waals surface area contributed by atoms with Crippen molar-refractivity contribution in [3.05, 3.63) is 58.0 Å². The van der Waals surface area contributed by atoms with Crippen LogP contribution < -0.4 is 16.2 Å². The van der Waals surface area contributed by atoms with E-state index in [9.17, 15) is 14.4 Å². The third-order valence-corrected chi connectivity index (χ3v) is 2.82. The zero-order valence-corrected chi connectivity index (χ0v) is 11.7. The summed E-state index contributed by atoms with van der Waals surface area (Å²) in [6, 6.07) is 9.52. The minimum atomic E-state index is -0.426. The second-order valence-corrected chi connectivity index (χ2v) is 4.59. The molecule has 1 aromatic carbocycles. The highest BCUT2D eigenvalue weighted by Crippen LogP contribution is 2.20. The fraction of sp³-hybridized carbons (Fsp3) is 0.133. The van der Waals surface area contributed by atoms with Gasteiger partial charge in [0.25, 0.3) is 5.91 Å². The first-order chi connectivity index (χ1) is 9.95. The topological polar surface area (TPSA) is 91.1 Å². The molecule has 108 valence electrons. The number of pyridine rings is 1. The molecular formula is C15H15N3O3. The van der Waals surface area contributed by atoms with Gasteiger partial charge in [-0.3, -0.25) is 14.4 Å². The summed E-state index contributed by atoms with van der Waals surface area (Å²) >= 11 is 0. The number of H-pyrrole nitrogens is 1. The molecule has 0 fully saturated rings. The Labute approximate surface area is 121 Å². The van der Waals surface area contributed by atoms with Gasteiger partial charge in [-0.15, -0.1) is 0 Å². The number of amides is 2. The van der Waals surface area contributed by atoms with E-state index >= 15 is 0 Å². The number of hydrogen-bond donors (Lipinski definition) is 3. The predicted molar refractivity (Wildman–Crippen MR) is 80.5 cm³/mol. The molecule has 0 spiro atoms. The SMILES string of the molecule is CC(=O)Nc1cc(NC(=O)c2cccc(=O)[nH]2)ccc1C. The summed E-state index contributed by atoms with van der Waals surface area (Å²) in [6.45, 7) is 3.27. The molecule has 2 aromatic rings. The van der Waals surface area contributed by atoms with Crippen LogP contribution in [0.5, 0.6) is 0 Å². The second-order valence-electron chi connectivity index (χ2n) is 4.59. The molecule has 6 heteroatoms. The maximum atomic E-state index is 12.0. The lowest BCUT2D eigenvalue weighted by molar-refractivity contribution is -0.114. The molecule has 1 heterocycles. The molecule has 3 N–H and O–H groups in total. The Morgan fingerprint density at radius 1 is 1.10 bits per heavy atom. The lowest BCUT2D eigenvalue weighted by atomic mass is 10.1. The number of carbonyl (C=O) groups is 2. The average molecular weight is 285 g/mol. The van der Waals surface area contributed by atoms with Crippen LogP contribution in [-0.2, 0) is 4.79 Å².